The highest BCUT2D eigenvalue weighted by molar-refractivity contribution is 5.70. The minimum atomic E-state index is -0.0308. The van der Waals surface area contributed by atoms with Gasteiger partial charge in [0.15, 0.2) is 0 Å². The van der Waals surface area contributed by atoms with Crippen LogP contribution in [0.4, 0.5) is 0 Å². The Morgan fingerprint density at radius 2 is 2.00 bits per heavy atom. The molecule has 1 aliphatic heterocycles. The van der Waals surface area contributed by atoms with Crippen LogP contribution in [0.5, 0.6) is 0 Å². The van der Waals surface area contributed by atoms with E-state index in [1.807, 2.05) is 6.92 Å². The second-order valence-electron chi connectivity index (χ2n) is 6.70. The monoisotopic (exact) mass is 301 g/mol. The lowest BCUT2D eigenvalue weighted by Crippen LogP contribution is -2.35. The van der Waals surface area contributed by atoms with Gasteiger partial charge < -0.3 is 4.74 Å². The quantitative estimate of drug-likeness (QED) is 0.778. The molecule has 3 heteroatoms. The summed E-state index contributed by atoms with van der Waals surface area (Å²) in [5.74, 6) is 1.43. The number of benzene rings is 1. The lowest BCUT2D eigenvalue weighted by Gasteiger charge is -2.30. The van der Waals surface area contributed by atoms with Crippen LogP contribution < -0.4 is 0 Å². The molecule has 0 amide bonds. The molecule has 1 aromatic rings. The van der Waals surface area contributed by atoms with Gasteiger partial charge >= 0.3 is 5.97 Å². The molecule has 1 saturated carbocycles. The van der Waals surface area contributed by atoms with Gasteiger partial charge in [-0.3, -0.25) is 9.69 Å². The number of hydrogen-bond donors (Lipinski definition) is 0. The van der Waals surface area contributed by atoms with Crippen LogP contribution in [-0.2, 0) is 16.1 Å². The highest BCUT2D eigenvalue weighted by Crippen LogP contribution is 2.42. The van der Waals surface area contributed by atoms with Crippen LogP contribution >= 0.6 is 0 Å². The summed E-state index contributed by atoms with van der Waals surface area (Å²) in [6.07, 6.45) is 5.84. The summed E-state index contributed by atoms with van der Waals surface area (Å²) >= 11 is 0. The summed E-state index contributed by atoms with van der Waals surface area (Å²) in [5.41, 5.74) is 1.34. The largest absolute Gasteiger partial charge is 0.466 e. The first-order valence-corrected chi connectivity index (χ1v) is 8.71. The van der Waals surface area contributed by atoms with Gasteiger partial charge in [-0.15, -0.1) is 0 Å². The van der Waals surface area contributed by atoms with Gasteiger partial charge in [0.2, 0.25) is 0 Å². The number of rotatable bonds is 5. The molecule has 0 bridgehead atoms. The molecule has 3 nitrogen and oxygen atoms in total. The minimum Gasteiger partial charge on any atom is -0.466 e. The Kier molecular flexibility index (Phi) is 5.14. The van der Waals surface area contributed by atoms with E-state index in [1.54, 1.807) is 0 Å². The molecule has 0 spiro atoms. The maximum Gasteiger partial charge on any atom is 0.307 e. The molecule has 1 saturated heterocycles. The van der Waals surface area contributed by atoms with Gasteiger partial charge in [0.1, 0.15) is 0 Å². The zero-order valence-corrected chi connectivity index (χ0v) is 13.5. The van der Waals surface area contributed by atoms with E-state index in [9.17, 15) is 4.79 Å². The number of ether oxygens (including phenoxy) is 1. The fraction of sp³-hybridized carbons (Fsp3) is 0.632. The normalized spacial score (nSPS) is 28.3. The van der Waals surface area contributed by atoms with E-state index in [2.05, 4.69) is 35.2 Å². The van der Waals surface area contributed by atoms with Crippen molar-refractivity contribution in [2.24, 2.45) is 11.8 Å². The third kappa shape index (κ3) is 3.52. The van der Waals surface area contributed by atoms with Crippen LogP contribution in [0.25, 0.3) is 0 Å². The Balaban J connectivity index is 1.72. The van der Waals surface area contributed by atoms with Crippen LogP contribution in [0.2, 0.25) is 0 Å². The summed E-state index contributed by atoms with van der Waals surface area (Å²) in [4.78, 5) is 14.6. The van der Waals surface area contributed by atoms with Crippen LogP contribution in [0.3, 0.4) is 0 Å². The van der Waals surface area contributed by atoms with E-state index in [0.717, 1.165) is 19.0 Å². The standard InChI is InChI=1S/C19H27NO2/c1-2-22-19(21)12-18-17-11-7-6-10-16(17)14-20(18)13-15-8-4-3-5-9-15/h3-5,8-9,16-18H,2,6-7,10-14H2,1H3/t16-,17+,18+/m0/s1. The predicted molar refractivity (Wildman–Crippen MR) is 87.3 cm³/mol. The smallest absolute Gasteiger partial charge is 0.307 e. The first-order chi connectivity index (χ1) is 10.8. The molecular formula is C19H27NO2. The molecule has 0 radical (unpaired) electrons. The van der Waals surface area contributed by atoms with Crippen molar-refractivity contribution >= 4 is 5.97 Å². The molecule has 22 heavy (non-hydrogen) atoms. The number of carbonyl (C=O) groups is 1. The predicted octanol–water partition coefficient (Wildman–Crippen LogP) is 3.63. The van der Waals surface area contributed by atoms with Crippen LogP contribution in [0.1, 0.15) is 44.6 Å². The number of hydrogen-bond acceptors (Lipinski definition) is 3. The van der Waals surface area contributed by atoms with Gasteiger partial charge in [0.25, 0.3) is 0 Å². The topological polar surface area (TPSA) is 29.5 Å². The highest BCUT2D eigenvalue weighted by Gasteiger charge is 2.43. The Labute approximate surface area is 133 Å². The zero-order valence-electron chi connectivity index (χ0n) is 13.5. The summed E-state index contributed by atoms with van der Waals surface area (Å²) < 4.78 is 5.22. The summed E-state index contributed by atoms with van der Waals surface area (Å²) in [6, 6.07) is 11.0. The molecule has 2 aliphatic rings. The van der Waals surface area contributed by atoms with Crippen molar-refractivity contribution in [3.8, 4) is 0 Å². The molecule has 0 unspecified atom stereocenters. The highest BCUT2D eigenvalue weighted by atomic mass is 16.5. The Hall–Kier alpha value is -1.35. The first kappa shape index (κ1) is 15.5. The Morgan fingerprint density at radius 1 is 1.23 bits per heavy atom. The molecule has 120 valence electrons. The van der Waals surface area contributed by atoms with Crippen molar-refractivity contribution in [2.75, 3.05) is 13.2 Å². The number of likely N-dealkylation sites (tertiary alicyclic amines) is 1. The van der Waals surface area contributed by atoms with E-state index in [-0.39, 0.29) is 5.97 Å². The van der Waals surface area contributed by atoms with Crippen LogP contribution in [0, 0.1) is 11.8 Å². The van der Waals surface area contributed by atoms with E-state index in [0.29, 0.717) is 25.0 Å². The molecule has 3 rings (SSSR count). The van der Waals surface area contributed by atoms with E-state index >= 15 is 0 Å². The molecule has 0 N–H and O–H groups in total. The van der Waals surface area contributed by atoms with Crippen molar-refractivity contribution in [1.29, 1.82) is 0 Å². The molecule has 2 fully saturated rings. The Morgan fingerprint density at radius 3 is 2.77 bits per heavy atom. The lowest BCUT2D eigenvalue weighted by molar-refractivity contribution is -0.144. The number of carbonyl (C=O) groups excluding carboxylic acids is 1. The van der Waals surface area contributed by atoms with Gasteiger partial charge in [-0.25, -0.2) is 0 Å². The average Bonchev–Trinajstić information content (AvgIpc) is 2.86. The maximum atomic E-state index is 12.0. The molecule has 1 heterocycles. The van der Waals surface area contributed by atoms with Crippen LogP contribution in [0.15, 0.2) is 30.3 Å². The van der Waals surface area contributed by atoms with Crippen molar-refractivity contribution in [2.45, 2.75) is 51.6 Å². The SMILES string of the molecule is CCOC(=O)C[C@@H]1[C@@H]2CCCC[C@H]2CN1Cc1ccccc1. The summed E-state index contributed by atoms with van der Waals surface area (Å²) in [5, 5.41) is 0. The van der Waals surface area contributed by atoms with Crippen molar-refractivity contribution < 1.29 is 9.53 Å². The van der Waals surface area contributed by atoms with Crippen molar-refractivity contribution in [1.82, 2.24) is 4.90 Å². The number of nitrogens with zero attached hydrogens (tertiary/aromatic N) is 1. The molecule has 1 aliphatic carbocycles. The molecule has 1 aromatic carbocycles. The third-order valence-electron chi connectivity index (χ3n) is 5.31. The average molecular weight is 301 g/mol. The van der Waals surface area contributed by atoms with Crippen molar-refractivity contribution in [3.63, 3.8) is 0 Å². The fourth-order valence-electron chi connectivity index (χ4n) is 4.35. The molecule has 3 atom stereocenters. The lowest BCUT2D eigenvalue weighted by atomic mass is 9.78. The second-order valence-corrected chi connectivity index (χ2v) is 6.70. The van der Waals surface area contributed by atoms with E-state index in [1.165, 1.54) is 31.2 Å². The summed E-state index contributed by atoms with van der Waals surface area (Å²) in [7, 11) is 0. The molecular weight excluding hydrogens is 274 g/mol. The first-order valence-electron chi connectivity index (χ1n) is 8.71. The van der Waals surface area contributed by atoms with Gasteiger partial charge in [0.05, 0.1) is 13.0 Å². The second kappa shape index (κ2) is 7.28. The van der Waals surface area contributed by atoms with Crippen molar-refractivity contribution in [3.05, 3.63) is 35.9 Å². The zero-order chi connectivity index (χ0) is 15.4. The fourth-order valence-corrected chi connectivity index (χ4v) is 4.35. The molecule has 0 aromatic heterocycles. The van der Waals surface area contributed by atoms with Gasteiger partial charge in [-0.2, -0.15) is 0 Å². The number of fused-ring (bicyclic) bond motifs is 1. The number of esters is 1. The Bertz CT molecular complexity index is 487. The van der Waals surface area contributed by atoms with E-state index < -0.39 is 0 Å². The van der Waals surface area contributed by atoms with Gasteiger partial charge in [-0.1, -0.05) is 43.2 Å². The van der Waals surface area contributed by atoms with Crippen LogP contribution in [-0.4, -0.2) is 30.1 Å². The third-order valence-corrected chi connectivity index (χ3v) is 5.31. The van der Waals surface area contributed by atoms with Gasteiger partial charge in [0, 0.05) is 19.1 Å². The summed E-state index contributed by atoms with van der Waals surface area (Å²) in [6.45, 7) is 4.47. The maximum absolute atomic E-state index is 12.0. The minimum absolute atomic E-state index is 0.0308. The van der Waals surface area contributed by atoms with Gasteiger partial charge in [-0.05, 0) is 37.2 Å². The van der Waals surface area contributed by atoms with E-state index in [4.69, 9.17) is 4.74 Å².